The van der Waals surface area contributed by atoms with Crippen LogP contribution in [-0.4, -0.2) is 0 Å². The van der Waals surface area contributed by atoms with Crippen LogP contribution in [0.4, 0.5) is 0 Å². The van der Waals surface area contributed by atoms with Crippen molar-refractivity contribution in [1.29, 1.82) is 0 Å². The van der Waals surface area contributed by atoms with Gasteiger partial charge in [0.05, 0.1) is 0 Å². The van der Waals surface area contributed by atoms with Crippen LogP contribution in [0.3, 0.4) is 0 Å². The molecule has 0 aliphatic heterocycles. The van der Waals surface area contributed by atoms with E-state index in [1.807, 2.05) is 23.5 Å². The van der Waals surface area contributed by atoms with E-state index in [-0.39, 0.29) is 51.0 Å². The maximum Gasteiger partial charge on any atom is 2.00 e. The van der Waals surface area contributed by atoms with Gasteiger partial charge in [0.15, 0.2) is 0 Å². The predicted molar refractivity (Wildman–Crippen MR) is 187 cm³/mol. The van der Waals surface area contributed by atoms with Crippen LogP contribution in [0, 0.1) is 0 Å². The molecule has 0 aromatic heterocycles. The van der Waals surface area contributed by atoms with Gasteiger partial charge in [-0.3, -0.25) is 0 Å². The summed E-state index contributed by atoms with van der Waals surface area (Å²) >= 11 is 3.93. The van der Waals surface area contributed by atoms with Crippen molar-refractivity contribution in [1.82, 2.24) is 0 Å². The normalized spacial score (nSPS) is 21.1. The van der Waals surface area contributed by atoms with E-state index in [1.54, 1.807) is 0 Å². The summed E-state index contributed by atoms with van der Waals surface area (Å²) in [5.41, 5.74) is 11.4. The number of fused-ring (bicyclic) bond motifs is 4. The molecule has 0 heterocycles. The van der Waals surface area contributed by atoms with E-state index in [0.29, 0.717) is 23.7 Å². The average molecular weight is 743 g/mol. The Bertz CT molecular complexity index is 1550. The van der Waals surface area contributed by atoms with Crippen molar-refractivity contribution in [2.45, 2.75) is 51.4 Å². The minimum atomic E-state index is 0. The van der Waals surface area contributed by atoms with Crippen LogP contribution < -0.4 is 24.8 Å². The number of rotatable bonds is 4. The fourth-order valence-corrected chi connectivity index (χ4v) is 9.12. The molecular weight excluding hydrogens is 707 g/mol. The van der Waals surface area contributed by atoms with Crippen molar-refractivity contribution in [3.63, 3.8) is 0 Å². The molecule has 4 aromatic carbocycles. The molecule has 4 aliphatic carbocycles. The van der Waals surface area contributed by atoms with Gasteiger partial charge in [0.2, 0.25) is 0 Å². The third-order valence-corrected chi connectivity index (χ3v) is 12.0. The zero-order valence-corrected chi connectivity index (χ0v) is 31.5. The number of benzene rings is 4. The summed E-state index contributed by atoms with van der Waals surface area (Å²) in [6.45, 7) is 9.27. The quantitative estimate of drug-likeness (QED) is 0.249. The minimum Gasteiger partial charge on any atom is -1.00 e. The first-order chi connectivity index (χ1) is 20.5. The molecule has 0 fully saturated rings. The van der Waals surface area contributed by atoms with Crippen LogP contribution in [0.2, 0.25) is 0 Å². The Morgan fingerprint density at radius 3 is 0.756 bits per heavy atom. The second-order valence-corrected chi connectivity index (χ2v) is 14.1. The molecule has 0 spiro atoms. The third-order valence-electron chi connectivity index (χ3n) is 9.22. The maximum atomic E-state index is 2.36. The average Bonchev–Trinajstić information content (AvgIpc) is 3.72. The topological polar surface area (TPSA) is 0 Å². The largest absolute Gasteiger partial charge is 2.00 e. The van der Waals surface area contributed by atoms with E-state index in [0.717, 1.165) is 0 Å². The van der Waals surface area contributed by atoms with Crippen LogP contribution in [0.5, 0.6) is 0 Å². The van der Waals surface area contributed by atoms with Gasteiger partial charge in [0.1, 0.15) is 0 Å². The molecule has 0 radical (unpaired) electrons. The molecule has 0 nitrogen and oxygen atoms in total. The zero-order valence-electron chi connectivity index (χ0n) is 25.9. The van der Waals surface area contributed by atoms with Crippen LogP contribution in [0.25, 0.3) is 24.3 Å². The number of thioether (sulfide) groups is 2. The molecule has 4 aliphatic rings. The van der Waals surface area contributed by atoms with Crippen molar-refractivity contribution in [2.24, 2.45) is 0 Å². The molecule has 0 saturated heterocycles. The van der Waals surface area contributed by atoms with Crippen molar-refractivity contribution in [3.05, 3.63) is 161 Å². The summed E-state index contributed by atoms with van der Waals surface area (Å²) in [6.07, 6.45) is 9.45. The summed E-state index contributed by atoms with van der Waals surface area (Å²) in [4.78, 5) is 5.90. The Labute approximate surface area is 308 Å². The first-order valence-corrected chi connectivity index (χ1v) is 16.7. The van der Waals surface area contributed by atoms with Gasteiger partial charge in [-0.1, -0.05) is 148 Å². The Kier molecular flexibility index (Phi) is 12.2. The Morgan fingerprint density at radius 2 is 0.556 bits per heavy atom. The minimum absolute atomic E-state index is 0. The number of hydrogen-bond acceptors (Lipinski definition) is 2. The standard InChI is InChI=1S/2C20H18S.2ClH.Zr/c2*1-13-17-9-5-3-7-15(17)11-19(13)21-20-12-16-8-4-6-10-18(16)14(20)2;;;/h2*3-14H,1-2H3;2*1H;/q;;;;+2/p-2. The van der Waals surface area contributed by atoms with Gasteiger partial charge in [-0.25, -0.2) is 0 Å². The van der Waals surface area contributed by atoms with Gasteiger partial charge in [-0.2, -0.15) is 0 Å². The molecule has 0 bridgehead atoms. The first kappa shape index (κ1) is 35.8. The van der Waals surface area contributed by atoms with Crippen molar-refractivity contribution >= 4 is 47.8 Å². The number of halogens is 2. The van der Waals surface area contributed by atoms with Crippen molar-refractivity contribution in [2.75, 3.05) is 0 Å². The van der Waals surface area contributed by atoms with Crippen molar-refractivity contribution < 1.29 is 51.0 Å². The molecule has 226 valence electrons. The second-order valence-electron chi connectivity index (χ2n) is 11.8. The molecule has 0 amide bonds. The van der Waals surface area contributed by atoms with Gasteiger partial charge in [-0.15, -0.1) is 0 Å². The van der Waals surface area contributed by atoms with E-state index in [9.17, 15) is 0 Å². The van der Waals surface area contributed by atoms with E-state index in [1.165, 1.54) is 64.1 Å². The van der Waals surface area contributed by atoms with Gasteiger partial charge < -0.3 is 24.8 Å². The molecular formula is C40H36Cl2S2Zr. The number of allylic oxidation sites excluding steroid dienone is 4. The maximum absolute atomic E-state index is 2.36. The van der Waals surface area contributed by atoms with Crippen molar-refractivity contribution in [3.8, 4) is 0 Å². The van der Waals surface area contributed by atoms with Crippen LogP contribution in [0.1, 0.15) is 95.9 Å². The molecule has 45 heavy (non-hydrogen) atoms. The van der Waals surface area contributed by atoms with Gasteiger partial charge in [0, 0.05) is 23.7 Å². The van der Waals surface area contributed by atoms with Crippen LogP contribution in [-0.2, 0) is 26.2 Å². The molecule has 4 atom stereocenters. The third kappa shape index (κ3) is 7.00. The molecule has 5 heteroatoms. The monoisotopic (exact) mass is 740 g/mol. The Balaban J connectivity index is 0.000000192. The van der Waals surface area contributed by atoms with Gasteiger partial charge in [0.25, 0.3) is 0 Å². The van der Waals surface area contributed by atoms with E-state index < -0.39 is 0 Å². The number of hydrogen-bond donors (Lipinski definition) is 0. The molecule has 8 rings (SSSR count). The molecule has 4 unspecified atom stereocenters. The Morgan fingerprint density at radius 1 is 0.356 bits per heavy atom. The summed E-state index contributed by atoms with van der Waals surface area (Å²) < 4.78 is 0. The molecule has 0 N–H and O–H groups in total. The summed E-state index contributed by atoms with van der Waals surface area (Å²) in [6, 6.07) is 35.0. The fourth-order valence-electron chi connectivity index (χ4n) is 6.62. The Hall–Kier alpha value is -2.00. The summed E-state index contributed by atoms with van der Waals surface area (Å²) in [5, 5.41) is 0. The van der Waals surface area contributed by atoms with Crippen LogP contribution >= 0.6 is 23.5 Å². The van der Waals surface area contributed by atoms with Crippen LogP contribution in [0.15, 0.2) is 117 Å². The predicted octanol–water partition coefficient (Wildman–Crippen LogP) is 6.08. The molecule has 4 aromatic rings. The van der Waals surface area contributed by atoms with E-state index in [4.69, 9.17) is 0 Å². The van der Waals surface area contributed by atoms with E-state index >= 15 is 0 Å². The summed E-state index contributed by atoms with van der Waals surface area (Å²) in [7, 11) is 0. The fraction of sp³-hybridized carbons (Fsp3) is 0.200. The molecule has 0 saturated carbocycles. The van der Waals surface area contributed by atoms with E-state index in [2.05, 4.69) is 149 Å². The second kappa shape index (κ2) is 15.3. The summed E-state index contributed by atoms with van der Waals surface area (Å²) in [5.74, 6) is 2.07. The van der Waals surface area contributed by atoms with Gasteiger partial charge >= 0.3 is 26.2 Å². The SMILES string of the molecule is CC1C(SC2=Cc3ccccc3C2C)=Cc2ccccc21.CC1C(SC2=Cc3ccccc3C2C)=Cc2ccccc21.[Cl-].[Cl-].[Zr+2]. The smallest absolute Gasteiger partial charge is 1.00 e. The first-order valence-electron chi connectivity index (χ1n) is 15.1. The zero-order chi connectivity index (χ0) is 28.8. The van der Waals surface area contributed by atoms with Gasteiger partial charge in [-0.05, 0) is 88.4 Å².